The third-order valence-corrected chi connectivity index (χ3v) is 5.46. The van der Waals surface area contributed by atoms with Crippen LogP contribution in [0.2, 0.25) is 0 Å². The molecule has 19 heavy (non-hydrogen) atoms. The lowest BCUT2D eigenvalue weighted by Gasteiger charge is -2.27. The SMILES string of the molecule is c1cc2c(s1)C(CCN1CCCCC1)n1cncc1-2. The van der Waals surface area contributed by atoms with Crippen molar-refractivity contribution in [1.82, 2.24) is 14.5 Å². The molecule has 3 nitrogen and oxygen atoms in total. The molecule has 0 radical (unpaired) electrons. The minimum atomic E-state index is 0.523. The Morgan fingerprint density at radius 3 is 3.05 bits per heavy atom. The summed E-state index contributed by atoms with van der Waals surface area (Å²) in [4.78, 5) is 8.49. The van der Waals surface area contributed by atoms with Gasteiger partial charge in [0, 0.05) is 17.0 Å². The number of rotatable bonds is 3. The van der Waals surface area contributed by atoms with Crippen LogP contribution in [-0.2, 0) is 0 Å². The molecule has 1 saturated heterocycles. The Balaban J connectivity index is 1.52. The molecule has 0 aromatic carbocycles. The molecular weight excluding hydrogens is 254 g/mol. The molecule has 100 valence electrons. The zero-order valence-corrected chi connectivity index (χ0v) is 11.9. The van der Waals surface area contributed by atoms with E-state index < -0.39 is 0 Å². The van der Waals surface area contributed by atoms with Crippen LogP contribution in [0, 0.1) is 0 Å². The van der Waals surface area contributed by atoms with Crippen molar-refractivity contribution in [2.75, 3.05) is 19.6 Å². The molecule has 1 unspecified atom stereocenters. The summed E-state index contributed by atoms with van der Waals surface area (Å²) in [6.45, 7) is 3.81. The molecule has 1 fully saturated rings. The summed E-state index contributed by atoms with van der Waals surface area (Å²) in [5.41, 5.74) is 2.71. The molecule has 0 amide bonds. The number of thiophene rings is 1. The van der Waals surface area contributed by atoms with Crippen LogP contribution in [0.25, 0.3) is 11.3 Å². The highest BCUT2D eigenvalue weighted by molar-refractivity contribution is 7.10. The standard InChI is InChI=1S/C15H19N3S/c1-2-6-17(7-3-1)8-4-13-15-12(5-9-19-15)14-10-16-11-18(13)14/h5,9-11,13H,1-4,6-8H2. The van der Waals surface area contributed by atoms with E-state index in [1.54, 1.807) is 0 Å². The molecule has 4 heterocycles. The predicted molar refractivity (Wildman–Crippen MR) is 78.6 cm³/mol. The zero-order valence-electron chi connectivity index (χ0n) is 11.1. The predicted octanol–water partition coefficient (Wildman–Crippen LogP) is 3.39. The number of nitrogens with zero attached hydrogens (tertiary/aromatic N) is 3. The molecule has 2 aliphatic heterocycles. The number of hydrogen-bond acceptors (Lipinski definition) is 3. The number of aromatic nitrogens is 2. The second-order valence-electron chi connectivity index (χ2n) is 5.59. The molecular formula is C15H19N3S. The molecule has 4 rings (SSSR count). The summed E-state index contributed by atoms with van der Waals surface area (Å²) in [5.74, 6) is 0. The fourth-order valence-electron chi connectivity index (χ4n) is 3.44. The number of hydrogen-bond donors (Lipinski definition) is 0. The number of fused-ring (bicyclic) bond motifs is 3. The quantitative estimate of drug-likeness (QED) is 0.854. The van der Waals surface area contributed by atoms with Gasteiger partial charge in [-0.15, -0.1) is 11.3 Å². The van der Waals surface area contributed by atoms with Gasteiger partial charge in [0.25, 0.3) is 0 Å². The number of imidazole rings is 1. The second kappa shape index (κ2) is 4.76. The lowest BCUT2D eigenvalue weighted by atomic mass is 10.1. The molecule has 0 N–H and O–H groups in total. The van der Waals surface area contributed by atoms with Crippen molar-refractivity contribution < 1.29 is 0 Å². The first-order chi connectivity index (χ1) is 9.43. The molecule has 1 atom stereocenters. The average molecular weight is 273 g/mol. The van der Waals surface area contributed by atoms with Crippen LogP contribution in [-0.4, -0.2) is 34.1 Å². The summed E-state index contributed by atoms with van der Waals surface area (Å²) in [5, 5.41) is 2.22. The van der Waals surface area contributed by atoms with Gasteiger partial charge in [0.05, 0.1) is 24.3 Å². The first-order valence-electron chi connectivity index (χ1n) is 7.25. The second-order valence-corrected chi connectivity index (χ2v) is 6.54. The van der Waals surface area contributed by atoms with Crippen LogP contribution < -0.4 is 0 Å². The van der Waals surface area contributed by atoms with Crippen molar-refractivity contribution in [3.8, 4) is 11.3 Å². The third-order valence-electron chi connectivity index (χ3n) is 4.44. The molecule has 0 bridgehead atoms. The fourth-order valence-corrected chi connectivity index (χ4v) is 4.48. The molecule has 0 saturated carbocycles. The topological polar surface area (TPSA) is 21.1 Å². The van der Waals surface area contributed by atoms with Crippen LogP contribution in [0.3, 0.4) is 0 Å². The van der Waals surface area contributed by atoms with Gasteiger partial charge in [0.1, 0.15) is 0 Å². The summed E-state index contributed by atoms with van der Waals surface area (Å²) in [7, 11) is 0. The highest BCUT2D eigenvalue weighted by Gasteiger charge is 2.29. The van der Waals surface area contributed by atoms with Gasteiger partial charge in [-0.05, 0) is 43.8 Å². The van der Waals surface area contributed by atoms with Gasteiger partial charge < -0.3 is 9.47 Å². The van der Waals surface area contributed by atoms with Crippen LogP contribution >= 0.6 is 11.3 Å². The van der Waals surface area contributed by atoms with E-state index in [9.17, 15) is 0 Å². The van der Waals surface area contributed by atoms with Crippen molar-refractivity contribution in [3.63, 3.8) is 0 Å². The smallest absolute Gasteiger partial charge is 0.0957 e. The van der Waals surface area contributed by atoms with Gasteiger partial charge in [-0.2, -0.15) is 0 Å². The average Bonchev–Trinajstić information content (AvgIpc) is 3.11. The van der Waals surface area contributed by atoms with E-state index in [0.717, 1.165) is 0 Å². The summed E-state index contributed by atoms with van der Waals surface area (Å²) < 4.78 is 2.37. The Bertz CT molecular complexity index is 525. The Morgan fingerprint density at radius 1 is 1.26 bits per heavy atom. The zero-order chi connectivity index (χ0) is 12.7. The van der Waals surface area contributed by atoms with Gasteiger partial charge in [0.2, 0.25) is 0 Å². The van der Waals surface area contributed by atoms with Gasteiger partial charge in [0.15, 0.2) is 0 Å². The molecule has 2 aromatic rings. The monoisotopic (exact) mass is 273 g/mol. The minimum Gasteiger partial charge on any atom is -0.322 e. The van der Waals surface area contributed by atoms with Crippen LogP contribution in [0.15, 0.2) is 24.0 Å². The lowest BCUT2D eigenvalue weighted by molar-refractivity contribution is 0.219. The molecule has 2 aromatic heterocycles. The number of piperidine rings is 1. The van der Waals surface area contributed by atoms with E-state index in [-0.39, 0.29) is 0 Å². The molecule has 0 aliphatic carbocycles. The van der Waals surface area contributed by atoms with Crippen molar-refractivity contribution in [1.29, 1.82) is 0 Å². The fraction of sp³-hybridized carbons (Fsp3) is 0.533. The van der Waals surface area contributed by atoms with Gasteiger partial charge in [-0.1, -0.05) is 6.42 Å². The van der Waals surface area contributed by atoms with Crippen LogP contribution in [0.1, 0.15) is 36.6 Å². The van der Waals surface area contributed by atoms with E-state index in [4.69, 9.17) is 0 Å². The maximum absolute atomic E-state index is 4.32. The Morgan fingerprint density at radius 2 is 2.16 bits per heavy atom. The van der Waals surface area contributed by atoms with E-state index in [0.29, 0.717) is 6.04 Å². The van der Waals surface area contributed by atoms with Gasteiger partial charge in [-0.25, -0.2) is 4.98 Å². The Labute approximate surface area is 117 Å². The first-order valence-corrected chi connectivity index (χ1v) is 8.13. The maximum Gasteiger partial charge on any atom is 0.0957 e. The molecule has 2 aliphatic rings. The van der Waals surface area contributed by atoms with Gasteiger partial charge >= 0.3 is 0 Å². The van der Waals surface area contributed by atoms with Crippen molar-refractivity contribution in [3.05, 3.63) is 28.8 Å². The summed E-state index contributed by atoms with van der Waals surface area (Å²) in [6, 6.07) is 2.77. The number of likely N-dealkylation sites (tertiary alicyclic amines) is 1. The van der Waals surface area contributed by atoms with E-state index in [2.05, 4.69) is 25.9 Å². The van der Waals surface area contributed by atoms with Crippen LogP contribution in [0.4, 0.5) is 0 Å². The van der Waals surface area contributed by atoms with Crippen molar-refractivity contribution in [2.45, 2.75) is 31.7 Å². The van der Waals surface area contributed by atoms with Crippen molar-refractivity contribution >= 4 is 11.3 Å². The highest BCUT2D eigenvalue weighted by atomic mass is 32.1. The summed E-state index contributed by atoms with van der Waals surface area (Å²) in [6.07, 6.45) is 9.41. The van der Waals surface area contributed by atoms with E-state index in [1.165, 1.54) is 61.5 Å². The normalized spacial score (nSPS) is 22.4. The largest absolute Gasteiger partial charge is 0.322 e. The van der Waals surface area contributed by atoms with E-state index >= 15 is 0 Å². The third kappa shape index (κ3) is 1.94. The summed E-state index contributed by atoms with van der Waals surface area (Å²) >= 11 is 1.90. The lowest BCUT2D eigenvalue weighted by Crippen LogP contribution is -2.31. The van der Waals surface area contributed by atoms with Gasteiger partial charge in [-0.3, -0.25) is 0 Å². The Kier molecular flexibility index (Phi) is 2.93. The first kappa shape index (κ1) is 11.7. The molecule has 0 spiro atoms. The van der Waals surface area contributed by atoms with E-state index in [1.807, 2.05) is 23.9 Å². The highest BCUT2D eigenvalue weighted by Crippen LogP contribution is 2.44. The maximum atomic E-state index is 4.32. The molecule has 4 heteroatoms. The van der Waals surface area contributed by atoms with Crippen LogP contribution in [0.5, 0.6) is 0 Å². The Hall–Kier alpha value is -1.13. The van der Waals surface area contributed by atoms with Crippen molar-refractivity contribution in [2.24, 2.45) is 0 Å². The minimum absolute atomic E-state index is 0.523.